The lowest BCUT2D eigenvalue weighted by Gasteiger charge is -2.26. The van der Waals surface area contributed by atoms with Gasteiger partial charge in [-0.1, -0.05) is 74.5 Å². The van der Waals surface area contributed by atoms with E-state index in [9.17, 15) is 4.79 Å². The zero-order valence-electron chi connectivity index (χ0n) is 13.7. The monoisotopic (exact) mass is 332 g/mol. The Morgan fingerprint density at radius 1 is 1.04 bits per heavy atom. The van der Waals surface area contributed by atoms with Gasteiger partial charge in [-0.15, -0.1) is 12.4 Å². The standard InChI is InChI=1S/C19H24N2O.ClH/c1-19(2,16-11-7-4-8-12-16)14-21-18(22)17(20)13-15-9-5-3-6-10-15;/h3-12,17H,13-14,20H2,1-2H3,(H,21,22);1H. The maximum absolute atomic E-state index is 12.2. The lowest BCUT2D eigenvalue weighted by Crippen LogP contribution is -2.46. The molecule has 0 aliphatic carbocycles. The third kappa shape index (κ3) is 5.70. The second kappa shape index (κ2) is 8.70. The van der Waals surface area contributed by atoms with Crippen LogP contribution in [0.15, 0.2) is 60.7 Å². The van der Waals surface area contributed by atoms with Crippen LogP contribution in [0.3, 0.4) is 0 Å². The highest BCUT2D eigenvalue weighted by Crippen LogP contribution is 2.21. The number of carbonyl (C=O) groups excluding carboxylic acids is 1. The van der Waals surface area contributed by atoms with Gasteiger partial charge in [-0.25, -0.2) is 0 Å². The summed E-state index contributed by atoms with van der Waals surface area (Å²) in [6.45, 7) is 4.80. The van der Waals surface area contributed by atoms with Crippen LogP contribution in [0.2, 0.25) is 0 Å². The molecule has 1 unspecified atom stereocenters. The summed E-state index contributed by atoms with van der Waals surface area (Å²) in [6.07, 6.45) is 0.554. The first-order valence-electron chi connectivity index (χ1n) is 7.62. The van der Waals surface area contributed by atoms with Crippen molar-refractivity contribution in [3.8, 4) is 0 Å². The lowest BCUT2D eigenvalue weighted by atomic mass is 9.84. The summed E-state index contributed by atoms with van der Waals surface area (Å²) in [4.78, 5) is 12.2. The molecule has 0 heterocycles. The second-order valence-electron chi connectivity index (χ2n) is 6.26. The van der Waals surface area contributed by atoms with Crippen molar-refractivity contribution in [2.75, 3.05) is 6.54 Å². The number of halogens is 1. The van der Waals surface area contributed by atoms with Crippen molar-refractivity contribution in [3.63, 3.8) is 0 Å². The van der Waals surface area contributed by atoms with Crippen molar-refractivity contribution >= 4 is 18.3 Å². The van der Waals surface area contributed by atoms with Crippen molar-refractivity contribution in [3.05, 3.63) is 71.8 Å². The third-order valence-electron chi connectivity index (χ3n) is 3.90. The van der Waals surface area contributed by atoms with Gasteiger partial charge >= 0.3 is 0 Å². The van der Waals surface area contributed by atoms with Gasteiger partial charge < -0.3 is 11.1 Å². The molecule has 0 fully saturated rings. The Hall–Kier alpha value is -1.84. The summed E-state index contributed by atoms with van der Waals surface area (Å²) in [5.41, 5.74) is 8.16. The van der Waals surface area contributed by atoms with Crippen LogP contribution in [-0.2, 0) is 16.6 Å². The fourth-order valence-electron chi connectivity index (χ4n) is 2.39. The molecule has 23 heavy (non-hydrogen) atoms. The van der Waals surface area contributed by atoms with E-state index in [4.69, 9.17) is 5.73 Å². The van der Waals surface area contributed by atoms with E-state index in [2.05, 4.69) is 31.3 Å². The molecule has 2 rings (SSSR count). The van der Waals surface area contributed by atoms with E-state index in [0.717, 1.165) is 5.56 Å². The average Bonchev–Trinajstić information content (AvgIpc) is 2.54. The third-order valence-corrected chi connectivity index (χ3v) is 3.90. The molecule has 0 aliphatic heterocycles. The van der Waals surface area contributed by atoms with Gasteiger partial charge in [0.05, 0.1) is 6.04 Å². The zero-order chi connectivity index (χ0) is 16.0. The van der Waals surface area contributed by atoms with E-state index in [0.29, 0.717) is 13.0 Å². The van der Waals surface area contributed by atoms with Gasteiger partial charge in [0.2, 0.25) is 5.91 Å². The fourth-order valence-corrected chi connectivity index (χ4v) is 2.39. The van der Waals surface area contributed by atoms with Crippen molar-refractivity contribution < 1.29 is 4.79 Å². The molecular formula is C19H25ClN2O. The van der Waals surface area contributed by atoms with Gasteiger partial charge in [0.25, 0.3) is 0 Å². The number of rotatable bonds is 6. The maximum atomic E-state index is 12.2. The molecule has 4 heteroatoms. The molecule has 3 N–H and O–H groups in total. The topological polar surface area (TPSA) is 55.1 Å². The van der Waals surface area contributed by atoms with Gasteiger partial charge in [-0.2, -0.15) is 0 Å². The number of nitrogens with one attached hydrogen (secondary N) is 1. The Morgan fingerprint density at radius 2 is 1.57 bits per heavy atom. The number of carbonyl (C=O) groups is 1. The number of hydrogen-bond acceptors (Lipinski definition) is 2. The van der Waals surface area contributed by atoms with Crippen molar-refractivity contribution in [1.82, 2.24) is 5.32 Å². The van der Waals surface area contributed by atoms with Crippen LogP contribution in [0.1, 0.15) is 25.0 Å². The van der Waals surface area contributed by atoms with Crippen LogP contribution in [0.25, 0.3) is 0 Å². The molecular weight excluding hydrogens is 308 g/mol. The van der Waals surface area contributed by atoms with Gasteiger partial charge in [-0.3, -0.25) is 4.79 Å². The molecule has 0 saturated heterocycles. The summed E-state index contributed by atoms with van der Waals surface area (Å²) in [6, 6.07) is 19.5. The van der Waals surface area contributed by atoms with Crippen LogP contribution in [0.5, 0.6) is 0 Å². The minimum Gasteiger partial charge on any atom is -0.354 e. The highest BCUT2D eigenvalue weighted by molar-refractivity contribution is 5.85. The lowest BCUT2D eigenvalue weighted by molar-refractivity contribution is -0.122. The van der Waals surface area contributed by atoms with Crippen LogP contribution in [0, 0.1) is 0 Å². The number of amides is 1. The zero-order valence-corrected chi connectivity index (χ0v) is 14.5. The Balaban J connectivity index is 0.00000264. The minimum atomic E-state index is -0.519. The average molecular weight is 333 g/mol. The van der Waals surface area contributed by atoms with E-state index < -0.39 is 6.04 Å². The predicted molar refractivity (Wildman–Crippen MR) is 97.8 cm³/mol. The summed E-state index contributed by atoms with van der Waals surface area (Å²) in [5, 5.41) is 2.98. The van der Waals surface area contributed by atoms with Gasteiger partial charge in [0.15, 0.2) is 0 Å². The van der Waals surface area contributed by atoms with Gasteiger partial charge in [0.1, 0.15) is 0 Å². The smallest absolute Gasteiger partial charge is 0.237 e. The summed E-state index contributed by atoms with van der Waals surface area (Å²) >= 11 is 0. The minimum absolute atomic E-state index is 0. The number of nitrogens with two attached hydrogens (primary N) is 1. The largest absolute Gasteiger partial charge is 0.354 e. The van der Waals surface area contributed by atoms with E-state index in [-0.39, 0.29) is 23.7 Å². The first kappa shape index (κ1) is 19.2. The SMILES string of the molecule is CC(C)(CNC(=O)C(N)Cc1ccccc1)c1ccccc1.Cl. The first-order chi connectivity index (χ1) is 10.5. The molecule has 0 spiro atoms. The first-order valence-corrected chi connectivity index (χ1v) is 7.62. The van der Waals surface area contributed by atoms with E-state index in [1.165, 1.54) is 5.56 Å². The summed E-state index contributed by atoms with van der Waals surface area (Å²) in [5.74, 6) is -0.104. The Bertz CT molecular complexity index is 599. The van der Waals surface area contributed by atoms with Gasteiger partial charge in [0, 0.05) is 12.0 Å². The molecule has 0 aliphatic rings. The van der Waals surface area contributed by atoms with Crippen LogP contribution >= 0.6 is 12.4 Å². The fraction of sp³-hybridized carbons (Fsp3) is 0.316. The van der Waals surface area contributed by atoms with Crippen molar-refractivity contribution in [1.29, 1.82) is 0 Å². The predicted octanol–water partition coefficient (Wildman–Crippen LogP) is 3.07. The van der Waals surface area contributed by atoms with Crippen molar-refractivity contribution in [2.45, 2.75) is 31.7 Å². The second-order valence-corrected chi connectivity index (χ2v) is 6.26. The summed E-state index contributed by atoms with van der Waals surface area (Å²) in [7, 11) is 0. The van der Waals surface area contributed by atoms with Crippen LogP contribution in [0.4, 0.5) is 0 Å². The molecule has 0 bridgehead atoms. The molecule has 1 atom stereocenters. The Morgan fingerprint density at radius 3 is 2.13 bits per heavy atom. The van der Waals surface area contributed by atoms with Crippen LogP contribution in [-0.4, -0.2) is 18.5 Å². The van der Waals surface area contributed by atoms with E-state index >= 15 is 0 Å². The Labute approximate surface area is 144 Å². The van der Waals surface area contributed by atoms with Crippen molar-refractivity contribution in [2.24, 2.45) is 5.73 Å². The highest BCUT2D eigenvalue weighted by atomic mass is 35.5. The molecule has 0 saturated carbocycles. The quantitative estimate of drug-likeness (QED) is 0.854. The molecule has 124 valence electrons. The molecule has 2 aromatic carbocycles. The molecule has 3 nitrogen and oxygen atoms in total. The maximum Gasteiger partial charge on any atom is 0.237 e. The van der Waals surface area contributed by atoms with E-state index in [1.54, 1.807) is 0 Å². The Kier molecular flexibility index (Phi) is 7.27. The summed E-state index contributed by atoms with van der Waals surface area (Å²) < 4.78 is 0. The molecule has 1 amide bonds. The highest BCUT2D eigenvalue weighted by Gasteiger charge is 2.22. The number of benzene rings is 2. The van der Waals surface area contributed by atoms with E-state index in [1.807, 2.05) is 48.5 Å². The number of hydrogen-bond donors (Lipinski definition) is 2. The normalized spacial score (nSPS) is 12.1. The molecule has 0 radical (unpaired) electrons. The molecule has 2 aromatic rings. The molecule has 0 aromatic heterocycles. The van der Waals surface area contributed by atoms with Crippen LogP contribution < -0.4 is 11.1 Å². The van der Waals surface area contributed by atoms with Gasteiger partial charge in [-0.05, 0) is 17.5 Å².